The first kappa shape index (κ1) is 13.0. The van der Waals surface area contributed by atoms with Gasteiger partial charge in [0.25, 0.3) is 0 Å². The number of nitrogens with zero attached hydrogens (tertiary/aromatic N) is 1. The van der Waals surface area contributed by atoms with Crippen LogP contribution in [-0.2, 0) is 6.54 Å². The largest absolute Gasteiger partial charge is 0.347 e. The number of hydrogen-bond acceptors (Lipinski definition) is 2. The summed E-state index contributed by atoms with van der Waals surface area (Å²) in [6.07, 6.45) is 0. The van der Waals surface area contributed by atoms with Gasteiger partial charge >= 0.3 is 0 Å². The molecule has 0 saturated heterocycles. The first-order valence-electron chi connectivity index (χ1n) is 5.46. The van der Waals surface area contributed by atoms with Crippen LogP contribution >= 0.6 is 23.6 Å². The summed E-state index contributed by atoms with van der Waals surface area (Å²) in [6.45, 7) is 0.720. The van der Waals surface area contributed by atoms with E-state index >= 15 is 0 Å². The van der Waals surface area contributed by atoms with E-state index in [-0.39, 0.29) is 5.82 Å². The standard InChI is InChI=1S/C13H13FN2S2/c1-16(9-10-5-4-8-18-10)13(17)15-12-7-3-2-6-11(12)14/h2-8H,9H2,1H3,(H,15,17). The topological polar surface area (TPSA) is 15.3 Å². The fourth-order valence-electron chi connectivity index (χ4n) is 1.48. The molecule has 0 spiro atoms. The number of anilines is 1. The molecule has 94 valence electrons. The zero-order valence-electron chi connectivity index (χ0n) is 9.89. The third-order valence-corrected chi connectivity index (χ3v) is 3.71. The quantitative estimate of drug-likeness (QED) is 0.863. The van der Waals surface area contributed by atoms with E-state index in [1.54, 1.807) is 29.5 Å². The molecule has 1 heterocycles. The highest BCUT2D eigenvalue weighted by Crippen LogP contribution is 2.15. The van der Waals surface area contributed by atoms with Gasteiger partial charge in [0.1, 0.15) is 5.82 Å². The SMILES string of the molecule is CN(Cc1cccs1)C(=S)Nc1ccccc1F. The van der Waals surface area contributed by atoms with Crippen molar-refractivity contribution in [2.75, 3.05) is 12.4 Å². The van der Waals surface area contributed by atoms with Crippen LogP contribution in [0.25, 0.3) is 0 Å². The summed E-state index contributed by atoms with van der Waals surface area (Å²) in [6, 6.07) is 10.5. The van der Waals surface area contributed by atoms with Crippen molar-refractivity contribution in [1.29, 1.82) is 0 Å². The van der Waals surface area contributed by atoms with E-state index in [4.69, 9.17) is 12.2 Å². The highest BCUT2D eigenvalue weighted by atomic mass is 32.1. The average Bonchev–Trinajstić information content (AvgIpc) is 2.84. The molecule has 0 bridgehead atoms. The van der Waals surface area contributed by atoms with Gasteiger partial charge in [0, 0.05) is 11.9 Å². The van der Waals surface area contributed by atoms with Crippen molar-refractivity contribution >= 4 is 34.4 Å². The second-order valence-electron chi connectivity index (χ2n) is 3.85. The molecule has 0 radical (unpaired) electrons. The highest BCUT2D eigenvalue weighted by Gasteiger charge is 2.08. The summed E-state index contributed by atoms with van der Waals surface area (Å²) >= 11 is 6.92. The van der Waals surface area contributed by atoms with Crippen LogP contribution in [0, 0.1) is 5.82 Å². The predicted molar refractivity (Wildman–Crippen MR) is 78.4 cm³/mol. The van der Waals surface area contributed by atoms with Gasteiger partial charge in [-0.15, -0.1) is 11.3 Å². The molecule has 2 nitrogen and oxygen atoms in total. The summed E-state index contributed by atoms with van der Waals surface area (Å²) in [4.78, 5) is 3.10. The first-order chi connectivity index (χ1) is 8.66. The lowest BCUT2D eigenvalue weighted by Gasteiger charge is -2.20. The Labute approximate surface area is 115 Å². The number of thiophene rings is 1. The molecular formula is C13H13FN2S2. The third kappa shape index (κ3) is 3.27. The molecule has 0 aliphatic heterocycles. The van der Waals surface area contributed by atoms with Crippen molar-refractivity contribution in [1.82, 2.24) is 4.90 Å². The van der Waals surface area contributed by atoms with Crippen LogP contribution in [0.5, 0.6) is 0 Å². The number of benzene rings is 1. The Hall–Kier alpha value is -1.46. The molecule has 2 aromatic rings. The van der Waals surface area contributed by atoms with Crippen molar-refractivity contribution < 1.29 is 4.39 Å². The number of para-hydroxylation sites is 1. The maximum Gasteiger partial charge on any atom is 0.173 e. The van der Waals surface area contributed by atoms with Crippen molar-refractivity contribution in [3.05, 3.63) is 52.5 Å². The molecule has 0 fully saturated rings. The minimum Gasteiger partial charge on any atom is -0.347 e. The van der Waals surface area contributed by atoms with E-state index in [1.807, 2.05) is 29.5 Å². The second kappa shape index (κ2) is 5.93. The van der Waals surface area contributed by atoms with Crippen LogP contribution in [0.2, 0.25) is 0 Å². The summed E-state index contributed by atoms with van der Waals surface area (Å²) in [5.41, 5.74) is 0.403. The Kier molecular flexibility index (Phi) is 4.28. The molecule has 1 aromatic heterocycles. The van der Waals surface area contributed by atoms with Crippen molar-refractivity contribution in [3.63, 3.8) is 0 Å². The molecule has 0 aliphatic rings. The van der Waals surface area contributed by atoms with E-state index in [0.29, 0.717) is 10.8 Å². The van der Waals surface area contributed by atoms with E-state index in [9.17, 15) is 4.39 Å². The number of hydrogen-bond donors (Lipinski definition) is 1. The average molecular weight is 280 g/mol. The molecule has 0 atom stereocenters. The van der Waals surface area contributed by atoms with Gasteiger partial charge in [0.15, 0.2) is 5.11 Å². The van der Waals surface area contributed by atoms with Crippen molar-refractivity contribution in [2.24, 2.45) is 0 Å². The Balaban J connectivity index is 1.98. The third-order valence-electron chi connectivity index (χ3n) is 2.44. The lowest BCUT2D eigenvalue weighted by molar-refractivity contribution is 0.513. The van der Waals surface area contributed by atoms with Gasteiger partial charge in [-0.25, -0.2) is 4.39 Å². The monoisotopic (exact) mass is 280 g/mol. The van der Waals surface area contributed by atoms with Gasteiger partial charge in [-0.2, -0.15) is 0 Å². The Bertz CT molecular complexity index is 526. The number of halogens is 1. The highest BCUT2D eigenvalue weighted by molar-refractivity contribution is 7.80. The zero-order chi connectivity index (χ0) is 13.0. The summed E-state index contributed by atoms with van der Waals surface area (Å²) in [7, 11) is 1.88. The fourth-order valence-corrected chi connectivity index (χ4v) is 2.41. The molecule has 0 amide bonds. The van der Waals surface area contributed by atoms with Gasteiger partial charge in [-0.3, -0.25) is 0 Å². The van der Waals surface area contributed by atoms with E-state index < -0.39 is 0 Å². The van der Waals surface area contributed by atoms with Gasteiger partial charge in [-0.1, -0.05) is 18.2 Å². The summed E-state index contributed by atoms with van der Waals surface area (Å²) < 4.78 is 13.5. The molecule has 0 saturated carbocycles. The maximum atomic E-state index is 13.5. The van der Waals surface area contributed by atoms with E-state index in [2.05, 4.69) is 5.32 Å². The molecule has 2 rings (SSSR count). The second-order valence-corrected chi connectivity index (χ2v) is 5.26. The van der Waals surface area contributed by atoms with Crippen LogP contribution in [0.1, 0.15) is 4.88 Å². The zero-order valence-corrected chi connectivity index (χ0v) is 11.5. The maximum absolute atomic E-state index is 13.5. The van der Waals surface area contributed by atoms with E-state index in [1.165, 1.54) is 10.9 Å². The van der Waals surface area contributed by atoms with Gasteiger partial charge < -0.3 is 10.2 Å². The fraction of sp³-hybridized carbons (Fsp3) is 0.154. The lowest BCUT2D eigenvalue weighted by atomic mass is 10.3. The molecule has 0 aliphatic carbocycles. The van der Waals surface area contributed by atoms with Crippen LogP contribution in [0.15, 0.2) is 41.8 Å². The van der Waals surface area contributed by atoms with Crippen molar-refractivity contribution in [3.8, 4) is 0 Å². The molecule has 1 N–H and O–H groups in total. The van der Waals surface area contributed by atoms with Crippen LogP contribution in [-0.4, -0.2) is 17.1 Å². The number of thiocarbonyl (C=S) groups is 1. The Morgan fingerprint density at radius 2 is 2.11 bits per heavy atom. The van der Waals surface area contributed by atoms with Gasteiger partial charge in [-0.05, 0) is 35.8 Å². The minimum atomic E-state index is -0.302. The summed E-state index contributed by atoms with van der Waals surface area (Å²) in [5.74, 6) is -0.302. The normalized spacial score (nSPS) is 10.1. The first-order valence-corrected chi connectivity index (χ1v) is 6.74. The number of rotatable bonds is 3. The predicted octanol–water partition coefficient (Wildman–Crippen LogP) is 3.72. The molecule has 18 heavy (non-hydrogen) atoms. The van der Waals surface area contributed by atoms with Crippen LogP contribution in [0.4, 0.5) is 10.1 Å². The summed E-state index contributed by atoms with van der Waals surface area (Å²) in [5, 5.41) is 5.44. The smallest absolute Gasteiger partial charge is 0.173 e. The number of nitrogens with one attached hydrogen (secondary N) is 1. The Morgan fingerprint density at radius 3 is 2.78 bits per heavy atom. The minimum absolute atomic E-state index is 0.302. The van der Waals surface area contributed by atoms with Crippen molar-refractivity contribution in [2.45, 2.75) is 6.54 Å². The Morgan fingerprint density at radius 1 is 1.33 bits per heavy atom. The van der Waals surface area contributed by atoms with E-state index in [0.717, 1.165) is 6.54 Å². The van der Waals surface area contributed by atoms with Crippen LogP contribution < -0.4 is 5.32 Å². The molecule has 0 unspecified atom stereocenters. The lowest BCUT2D eigenvalue weighted by Crippen LogP contribution is -2.30. The molecule has 5 heteroatoms. The molecular weight excluding hydrogens is 267 g/mol. The van der Waals surface area contributed by atoms with Gasteiger partial charge in [0.2, 0.25) is 0 Å². The van der Waals surface area contributed by atoms with Crippen LogP contribution in [0.3, 0.4) is 0 Å². The molecule has 1 aromatic carbocycles. The van der Waals surface area contributed by atoms with Gasteiger partial charge in [0.05, 0.1) is 12.2 Å².